The highest BCUT2D eigenvalue weighted by atomic mass is 32.1. The highest BCUT2D eigenvalue weighted by molar-refractivity contribution is 7.09. The number of urea groups is 1. The van der Waals surface area contributed by atoms with Crippen LogP contribution in [0.5, 0.6) is 0 Å². The van der Waals surface area contributed by atoms with Gasteiger partial charge >= 0.3 is 6.03 Å². The fourth-order valence-corrected chi connectivity index (χ4v) is 4.38. The quantitative estimate of drug-likeness (QED) is 0.895. The number of aromatic nitrogens is 1. The summed E-state index contributed by atoms with van der Waals surface area (Å²) in [5, 5.41) is 6.35. The minimum absolute atomic E-state index is 0.0739. The minimum Gasteiger partial charge on any atom is -0.335 e. The van der Waals surface area contributed by atoms with Gasteiger partial charge in [0.25, 0.3) is 0 Å². The van der Waals surface area contributed by atoms with E-state index < -0.39 is 0 Å². The highest BCUT2D eigenvalue weighted by Crippen LogP contribution is 2.43. The first-order valence-corrected chi connectivity index (χ1v) is 9.42. The van der Waals surface area contributed by atoms with E-state index in [0.717, 1.165) is 29.8 Å². The summed E-state index contributed by atoms with van der Waals surface area (Å²) in [6, 6.07) is 0.453. The number of carbonyl (C=O) groups excluding carboxylic acids is 1. The number of amides is 2. The van der Waals surface area contributed by atoms with Gasteiger partial charge in [0.2, 0.25) is 0 Å². The van der Waals surface area contributed by atoms with E-state index in [-0.39, 0.29) is 6.03 Å². The molecule has 1 N–H and O–H groups in total. The van der Waals surface area contributed by atoms with Crippen molar-refractivity contribution < 1.29 is 4.79 Å². The molecule has 5 heteroatoms. The Bertz CT molecular complexity index is 486. The Morgan fingerprint density at radius 2 is 2.23 bits per heavy atom. The van der Waals surface area contributed by atoms with Crippen LogP contribution in [0, 0.1) is 11.8 Å². The first-order chi connectivity index (χ1) is 10.6. The van der Waals surface area contributed by atoms with Crippen LogP contribution in [0.15, 0.2) is 11.6 Å². The van der Waals surface area contributed by atoms with Crippen LogP contribution >= 0.6 is 11.3 Å². The number of nitrogens with one attached hydrogen (secondary N) is 1. The molecule has 0 spiro atoms. The van der Waals surface area contributed by atoms with Crippen LogP contribution in [0.1, 0.15) is 56.4 Å². The lowest BCUT2D eigenvalue weighted by Gasteiger charge is -2.31. The highest BCUT2D eigenvalue weighted by Gasteiger charge is 2.35. The molecule has 3 rings (SSSR count). The predicted molar refractivity (Wildman–Crippen MR) is 90.2 cm³/mol. The van der Waals surface area contributed by atoms with Crippen LogP contribution in [-0.2, 0) is 0 Å². The molecule has 2 aliphatic rings. The Labute approximate surface area is 137 Å². The first kappa shape index (κ1) is 15.8. The summed E-state index contributed by atoms with van der Waals surface area (Å²) in [5.41, 5.74) is 0. The number of nitrogens with zero attached hydrogens (tertiary/aromatic N) is 2. The van der Waals surface area contributed by atoms with Crippen LogP contribution < -0.4 is 5.32 Å². The molecule has 1 aromatic heterocycles. The molecule has 4 nitrogen and oxygen atoms in total. The summed E-state index contributed by atoms with van der Waals surface area (Å²) >= 11 is 1.66. The maximum atomic E-state index is 12.4. The van der Waals surface area contributed by atoms with Crippen LogP contribution in [0.2, 0.25) is 0 Å². The summed E-state index contributed by atoms with van der Waals surface area (Å²) in [7, 11) is 1.89. The number of likely N-dealkylation sites (N-methyl/N-ethyl adjacent to an activating group) is 1. The second-order valence-corrected chi connectivity index (χ2v) is 7.99. The molecule has 0 unspecified atom stereocenters. The Kier molecular flexibility index (Phi) is 5.01. The van der Waals surface area contributed by atoms with Crippen LogP contribution in [0.25, 0.3) is 0 Å². The van der Waals surface area contributed by atoms with Gasteiger partial charge in [0.05, 0.1) is 5.01 Å². The second-order valence-electron chi connectivity index (χ2n) is 7.06. The lowest BCUT2D eigenvalue weighted by molar-refractivity contribution is 0.191. The van der Waals surface area contributed by atoms with Crippen LogP contribution in [-0.4, -0.2) is 35.5 Å². The molecule has 22 heavy (non-hydrogen) atoms. The summed E-state index contributed by atoms with van der Waals surface area (Å²) in [6.07, 6.45) is 9.63. The summed E-state index contributed by atoms with van der Waals surface area (Å²) in [4.78, 5) is 18.6. The standard InChI is InChI=1S/C17H27N3OS/c1-12(16-18-8-9-22-16)11-20(2)17(21)19-15-5-3-4-14(10-15)13-6-7-13/h8-9,12-15H,3-7,10-11H2,1-2H3,(H,19,21)/t12-,14+,15-/m1/s1. The molecule has 0 saturated heterocycles. The van der Waals surface area contributed by atoms with Crippen molar-refractivity contribution in [3.8, 4) is 0 Å². The van der Waals surface area contributed by atoms with Crippen molar-refractivity contribution in [2.45, 2.75) is 57.4 Å². The van der Waals surface area contributed by atoms with Gasteiger partial charge in [0.15, 0.2) is 0 Å². The normalized spacial score (nSPS) is 26.5. The molecule has 1 aromatic rings. The molecular weight excluding hydrogens is 294 g/mol. The van der Waals surface area contributed by atoms with Gasteiger partial charge in [-0.2, -0.15) is 0 Å². The molecule has 0 bridgehead atoms. The monoisotopic (exact) mass is 321 g/mol. The van der Waals surface area contributed by atoms with Crippen LogP contribution in [0.4, 0.5) is 4.79 Å². The van der Waals surface area contributed by atoms with Crippen LogP contribution in [0.3, 0.4) is 0 Å². The second kappa shape index (κ2) is 6.99. The fraction of sp³-hybridized carbons (Fsp3) is 0.765. The van der Waals surface area contributed by atoms with Gasteiger partial charge in [-0.15, -0.1) is 11.3 Å². The Hall–Kier alpha value is -1.10. The lowest BCUT2D eigenvalue weighted by Crippen LogP contribution is -2.46. The van der Waals surface area contributed by atoms with Crippen molar-refractivity contribution >= 4 is 17.4 Å². The van der Waals surface area contributed by atoms with Crippen molar-refractivity contribution in [2.24, 2.45) is 11.8 Å². The average molecular weight is 321 g/mol. The number of carbonyl (C=O) groups is 1. The predicted octanol–water partition coefficient (Wildman–Crippen LogP) is 3.86. The van der Waals surface area contributed by atoms with Gasteiger partial charge in [-0.3, -0.25) is 0 Å². The maximum Gasteiger partial charge on any atom is 0.317 e. The molecule has 2 saturated carbocycles. The maximum absolute atomic E-state index is 12.4. The van der Waals surface area contributed by atoms with Crippen molar-refractivity contribution in [1.29, 1.82) is 0 Å². The van der Waals surface area contributed by atoms with Gasteiger partial charge in [-0.1, -0.05) is 19.8 Å². The average Bonchev–Trinajstić information content (AvgIpc) is 3.22. The number of hydrogen-bond donors (Lipinski definition) is 1. The molecule has 2 fully saturated rings. The van der Waals surface area contributed by atoms with Crippen molar-refractivity contribution in [1.82, 2.24) is 15.2 Å². The minimum atomic E-state index is 0.0739. The Morgan fingerprint density at radius 3 is 2.91 bits per heavy atom. The van der Waals surface area contributed by atoms with Crippen molar-refractivity contribution in [2.75, 3.05) is 13.6 Å². The SMILES string of the molecule is C[C@H](CN(C)C(=O)N[C@@H]1CCC[C@H](C2CC2)C1)c1nccs1. The summed E-state index contributed by atoms with van der Waals surface area (Å²) < 4.78 is 0. The third-order valence-electron chi connectivity index (χ3n) is 5.10. The van der Waals surface area contributed by atoms with Gasteiger partial charge < -0.3 is 10.2 Å². The molecule has 0 radical (unpaired) electrons. The van der Waals surface area contributed by atoms with Crippen molar-refractivity contribution in [3.63, 3.8) is 0 Å². The van der Waals surface area contributed by atoms with Gasteiger partial charge in [-0.25, -0.2) is 9.78 Å². The van der Waals surface area contributed by atoms with Gasteiger partial charge in [0, 0.05) is 37.1 Å². The smallest absolute Gasteiger partial charge is 0.317 e. The number of rotatable bonds is 5. The van der Waals surface area contributed by atoms with E-state index in [0.29, 0.717) is 12.0 Å². The third kappa shape index (κ3) is 4.00. The molecule has 2 aliphatic carbocycles. The largest absolute Gasteiger partial charge is 0.335 e. The molecule has 1 heterocycles. The first-order valence-electron chi connectivity index (χ1n) is 8.54. The molecule has 122 valence electrons. The third-order valence-corrected chi connectivity index (χ3v) is 6.11. The van der Waals surface area contributed by atoms with Crippen molar-refractivity contribution in [3.05, 3.63) is 16.6 Å². The molecular formula is C17H27N3OS. The van der Waals surface area contributed by atoms with Gasteiger partial charge in [0.1, 0.15) is 0 Å². The summed E-state index contributed by atoms with van der Waals surface area (Å²) in [6.45, 7) is 2.85. The van der Waals surface area contributed by atoms with Gasteiger partial charge in [-0.05, 0) is 37.5 Å². The topological polar surface area (TPSA) is 45.2 Å². The molecule has 3 atom stereocenters. The molecule has 2 amide bonds. The number of hydrogen-bond acceptors (Lipinski definition) is 3. The fourth-order valence-electron chi connectivity index (χ4n) is 3.69. The Morgan fingerprint density at radius 1 is 1.41 bits per heavy atom. The zero-order valence-corrected chi connectivity index (χ0v) is 14.4. The van der Waals surface area contributed by atoms with E-state index in [1.54, 1.807) is 11.3 Å². The summed E-state index contributed by atoms with van der Waals surface area (Å²) in [5.74, 6) is 2.11. The molecule has 0 aromatic carbocycles. The number of thiazole rings is 1. The zero-order valence-electron chi connectivity index (χ0n) is 13.6. The molecule has 0 aliphatic heterocycles. The van der Waals surface area contributed by atoms with E-state index >= 15 is 0 Å². The van der Waals surface area contributed by atoms with E-state index in [1.165, 1.54) is 32.1 Å². The van der Waals surface area contributed by atoms with E-state index in [2.05, 4.69) is 17.2 Å². The van der Waals surface area contributed by atoms with E-state index in [4.69, 9.17) is 0 Å². The zero-order chi connectivity index (χ0) is 15.5. The van der Waals surface area contributed by atoms with E-state index in [9.17, 15) is 4.79 Å². The Balaban J connectivity index is 1.46. The van der Waals surface area contributed by atoms with E-state index in [1.807, 2.05) is 23.5 Å². The lowest BCUT2D eigenvalue weighted by atomic mass is 9.83.